The van der Waals surface area contributed by atoms with E-state index in [4.69, 9.17) is 15.3 Å². The van der Waals surface area contributed by atoms with Gasteiger partial charge in [-0.1, -0.05) is 0 Å². The van der Waals surface area contributed by atoms with Crippen molar-refractivity contribution in [1.29, 1.82) is 0 Å². The first kappa shape index (κ1) is 9.79. The van der Waals surface area contributed by atoms with E-state index in [0.29, 0.717) is 0 Å². The molecule has 0 radical (unpaired) electrons. The molecular weight excluding hydrogens is 178 g/mol. The van der Waals surface area contributed by atoms with E-state index in [1.165, 1.54) is 6.92 Å². The Balaban J connectivity index is 2.95. The molecule has 1 amide bonds. The van der Waals surface area contributed by atoms with Crippen LogP contribution in [-0.2, 0) is 4.79 Å². The van der Waals surface area contributed by atoms with Crippen LogP contribution >= 0.6 is 0 Å². The van der Waals surface area contributed by atoms with Gasteiger partial charge in [0.1, 0.15) is 5.54 Å². The number of carboxylic acid groups (broad SMARTS) is 2. The van der Waals surface area contributed by atoms with E-state index >= 15 is 0 Å². The molecule has 0 unspecified atom stereocenters. The molecule has 6 nitrogen and oxygen atoms in total. The zero-order valence-electron chi connectivity index (χ0n) is 7.10. The molecular formula is C7H11NO5. The van der Waals surface area contributed by atoms with Crippen LogP contribution < -0.4 is 0 Å². The summed E-state index contributed by atoms with van der Waals surface area (Å²) in [6.45, 7) is 1.15. The minimum Gasteiger partial charge on any atom is -0.480 e. The van der Waals surface area contributed by atoms with Crippen molar-refractivity contribution in [1.82, 2.24) is 4.90 Å². The third kappa shape index (κ3) is 1.44. The van der Waals surface area contributed by atoms with Gasteiger partial charge in [-0.25, -0.2) is 9.59 Å². The Bertz CT molecular complexity index is 253. The lowest BCUT2D eigenvalue weighted by Gasteiger charge is -2.27. The van der Waals surface area contributed by atoms with Gasteiger partial charge in [0.15, 0.2) is 0 Å². The SMILES string of the molecule is C[C@]1(C(=O)O)C[C@@H](O)CN1C(=O)O. The molecule has 0 aliphatic carbocycles. The second kappa shape index (κ2) is 2.88. The molecule has 0 aromatic rings. The smallest absolute Gasteiger partial charge is 0.408 e. The number of carbonyl (C=O) groups is 2. The second-order valence-electron chi connectivity index (χ2n) is 3.33. The molecule has 0 aromatic carbocycles. The van der Waals surface area contributed by atoms with Gasteiger partial charge >= 0.3 is 12.1 Å². The van der Waals surface area contributed by atoms with Crippen molar-refractivity contribution in [2.75, 3.05) is 6.54 Å². The van der Waals surface area contributed by atoms with Crippen molar-refractivity contribution >= 4 is 12.1 Å². The maximum atomic E-state index is 10.8. The lowest BCUT2D eigenvalue weighted by Crippen LogP contribution is -2.50. The molecule has 3 N–H and O–H groups in total. The highest BCUT2D eigenvalue weighted by Gasteiger charge is 2.49. The second-order valence-corrected chi connectivity index (χ2v) is 3.33. The Labute approximate surface area is 74.4 Å². The molecule has 1 heterocycles. The third-order valence-corrected chi connectivity index (χ3v) is 2.31. The third-order valence-electron chi connectivity index (χ3n) is 2.31. The van der Waals surface area contributed by atoms with Crippen LogP contribution in [0.1, 0.15) is 13.3 Å². The van der Waals surface area contributed by atoms with Gasteiger partial charge in [0.2, 0.25) is 0 Å². The van der Waals surface area contributed by atoms with E-state index in [9.17, 15) is 9.59 Å². The molecule has 2 atom stereocenters. The Morgan fingerprint density at radius 2 is 2.00 bits per heavy atom. The van der Waals surface area contributed by atoms with Crippen LogP contribution in [0.15, 0.2) is 0 Å². The summed E-state index contributed by atoms with van der Waals surface area (Å²) in [5, 5.41) is 26.6. The van der Waals surface area contributed by atoms with Crippen molar-refractivity contribution in [3.63, 3.8) is 0 Å². The molecule has 1 aliphatic heterocycles. The molecule has 1 fully saturated rings. The van der Waals surface area contributed by atoms with Crippen LogP contribution in [0, 0.1) is 0 Å². The van der Waals surface area contributed by atoms with Gasteiger partial charge < -0.3 is 15.3 Å². The number of rotatable bonds is 1. The summed E-state index contributed by atoms with van der Waals surface area (Å²) in [4.78, 5) is 22.1. The van der Waals surface area contributed by atoms with Gasteiger partial charge in [-0.3, -0.25) is 4.90 Å². The average Bonchev–Trinajstić information content (AvgIpc) is 2.27. The molecule has 0 bridgehead atoms. The molecule has 1 saturated heterocycles. The predicted molar refractivity (Wildman–Crippen MR) is 41.4 cm³/mol. The fourth-order valence-corrected chi connectivity index (χ4v) is 1.54. The van der Waals surface area contributed by atoms with E-state index in [0.717, 1.165) is 4.90 Å². The highest BCUT2D eigenvalue weighted by Crippen LogP contribution is 2.29. The minimum absolute atomic E-state index is 0.0609. The van der Waals surface area contributed by atoms with Crippen LogP contribution in [0.25, 0.3) is 0 Å². The molecule has 13 heavy (non-hydrogen) atoms. The first-order valence-electron chi connectivity index (χ1n) is 3.80. The number of β-amino-alcohol motifs (C(OH)–C–C–N with tert-alkyl or cyclic N) is 1. The quantitative estimate of drug-likeness (QED) is 0.520. The maximum Gasteiger partial charge on any atom is 0.408 e. The van der Waals surface area contributed by atoms with Crippen molar-refractivity contribution in [3.8, 4) is 0 Å². The topological polar surface area (TPSA) is 98.1 Å². The highest BCUT2D eigenvalue weighted by atomic mass is 16.4. The average molecular weight is 189 g/mol. The first-order chi connectivity index (χ1) is 5.88. The highest BCUT2D eigenvalue weighted by molar-refractivity contribution is 5.84. The molecule has 1 rings (SSSR count). The Morgan fingerprint density at radius 3 is 2.31 bits per heavy atom. The summed E-state index contributed by atoms with van der Waals surface area (Å²) in [6, 6.07) is 0. The van der Waals surface area contributed by atoms with Crippen molar-refractivity contribution in [2.45, 2.75) is 25.0 Å². The molecule has 1 aliphatic rings. The van der Waals surface area contributed by atoms with E-state index < -0.39 is 23.7 Å². The Kier molecular flexibility index (Phi) is 2.17. The lowest BCUT2D eigenvalue weighted by atomic mass is 9.99. The minimum atomic E-state index is -1.49. The number of nitrogens with zero attached hydrogens (tertiary/aromatic N) is 1. The fourth-order valence-electron chi connectivity index (χ4n) is 1.54. The number of hydrogen-bond donors (Lipinski definition) is 3. The van der Waals surface area contributed by atoms with E-state index in [1.54, 1.807) is 0 Å². The fraction of sp³-hybridized carbons (Fsp3) is 0.714. The lowest BCUT2D eigenvalue weighted by molar-refractivity contribution is -0.147. The monoisotopic (exact) mass is 189 g/mol. The summed E-state index contributed by atoms with van der Waals surface area (Å²) in [5.41, 5.74) is -1.49. The Morgan fingerprint density at radius 1 is 1.46 bits per heavy atom. The normalized spacial score (nSPS) is 33.4. The summed E-state index contributed by atoms with van der Waals surface area (Å²) >= 11 is 0. The summed E-state index contributed by atoms with van der Waals surface area (Å²) < 4.78 is 0. The molecule has 0 aromatic heterocycles. The van der Waals surface area contributed by atoms with Crippen LogP contribution in [0.4, 0.5) is 4.79 Å². The summed E-state index contributed by atoms with van der Waals surface area (Å²) in [7, 11) is 0. The number of amides is 1. The number of aliphatic hydroxyl groups is 1. The van der Waals surface area contributed by atoms with Crippen LogP contribution in [0.5, 0.6) is 0 Å². The number of carboxylic acids is 1. The van der Waals surface area contributed by atoms with Gasteiger partial charge in [-0.2, -0.15) is 0 Å². The number of aliphatic hydroxyl groups excluding tert-OH is 1. The zero-order chi connectivity index (χ0) is 10.2. The van der Waals surface area contributed by atoms with E-state index in [1.807, 2.05) is 0 Å². The van der Waals surface area contributed by atoms with Gasteiger partial charge in [-0.05, 0) is 6.92 Å². The Hall–Kier alpha value is -1.30. The summed E-state index contributed by atoms with van der Waals surface area (Å²) in [5.74, 6) is -1.23. The van der Waals surface area contributed by atoms with Crippen LogP contribution in [-0.4, -0.2) is 50.5 Å². The molecule has 0 saturated carbocycles. The predicted octanol–water partition coefficient (Wildman–Crippen LogP) is -0.426. The van der Waals surface area contributed by atoms with E-state index in [2.05, 4.69) is 0 Å². The number of aliphatic carboxylic acids is 1. The van der Waals surface area contributed by atoms with Gasteiger partial charge in [0, 0.05) is 6.42 Å². The van der Waals surface area contributed by atoms with Gasteiger partial charge in [-0.15, -0.1) is 0 Å². The largest absolute Gasteiger partial charge is 0.480 e. The number of hydrogen-bond acceptors (Lipinski definition) is 3. The number of likely N-dealkylation sites (tertiary alicyclic amines) is 1. The first-order valence-corrected chi connectivity index (χ1v) is 3.80. The van der Waals surface area contributed by atoms with Crippen molar-refractivity contribution in [2.24, 2.45) is 0 Å². The maximum absolute atomic E-state index is 10.8. The summed E-state index contributed by atoms with van der Waals surface area (Å²) in [6.07, 6.45) is -2.27. The molecule has 0 spiro atoms. The van der Waals surface area contributed by atoms with E-state index in [-0.39, 0.29) is 13.0 Å². The van der Waals surface area contributed by atoms with Crippen molar-refractivity contribution < 1.29 is 24.9 Å². The zero-order valence-corrected chi connectivity index (χ0v) is 7.10. The molecule has 74 valence electrons. The van der Waals surface area contributed by atoms with Crippen molar-refractivity contribution in [3.05, 3.63) is 0 Å². The molecule has 6 heteroatoms. The standard InChI is InChI=1S/C7H11NO5/c1-7(5(10)11)2-4(9)3-8(7)6(12)13/h4,9H,2-3H2,1H3,(H,10,11)(H,12,13)/t4-,7-/m1/s1. The van der Waals surface area contributed by atoms with Gasteiger partial charge in [0.25, 0.3) is 0 Å². The van der Waals surface area contributed by atoms with Crippen LogP contribution in [0.3, 0.4) is 0 Å². The van der Waals surface area contributed by atoms with Crippen LogP contribution in [0.2, 0.25) is 0 Å². The van der Waals surface area contributed by atoms with Gasteiger partial charge in [0.05, 0.1) is 12.6 Å².